The van der Waals surface area contributed by atoms with E-state index in [9.17, 15) is 14.7 Å². The Kier molecular flexibility index (Phi) is 4.85. The van der Waals surface area contributed by atoms with Crippen LogP contribution in [-0.2, 0) is 4.79 Å². The zero-order valence-corrected chi connectivity index (χ0v) is 15.4. The highest BCUT2D eigenvalue weighted by molar-refractivity contribution is 6.18. The standard InChI is InChI=1S/C20H21N3O4/c1-20(2,3)23-22-18(13-6-4-5-7-14(13)19(25)26)12-8-9-16-15(10-12)21-17(24)11-27-16/h4-10,23H,11H2,1-3H3,(H,21,24)(H,25,26). The lowest BCUT2D eigenvalue weighted by Gasteiger charge is -2.21. The van der Waals surface area contributed by atoms with E-state index in [4.69, 9.17) is 4.74 Å². The van der Waals surface area contributed by atoms with Crippen molar-refractivity contribution < 1.29 is 19.4 Å². The highest BCUT2D eigenvalue weighted by Crippen LogP contribution is 2.30. The summed E-state index contributed by atoms with van der Waals surface area (Å²) in [4.78, 5) is 23.3. The maximum atomic E-state index is 11.7. The van der Waals surface area contributed by atoms with Crippen molar-refractivity contribution in [2.24, 2.45) is 5.10 Å². The van der Waals surface area contributed by atoms with Crippen LogP contribution < -0.4 is 15.5 Å². The molecule has 0 aliphatic carbocycles. The molecule has 0 bridgehead atoms. The summed E-state index contributed by atoms with van der Waals surface area (Å²) in [5.41, 5.74) is 5.01. The number of amides is 1. The Labute approximate surface area is 157 Å². The van der Waals surface area contributed by atoms with E-state index >= 15 is 0 Å². The number of carbonyl (C=O) groups excluding carboxylic acids is 1. The Bertz CT molecular complexity index is 929. The first-order valence-electron chi connectivity index (χ1n) is 8.49. The topological polar surface area (TPSA) is 100 Å². The highest BCUT2D eigenvalue weighted by Gasteiger charge is 2.21. The third kappa shape index (κ3) is 4.25. The third-order valence-corrected chi connectivity index (χ3v) is 3.80. The van der Waals surface area contributed by atoms with Crippen LogP contribution >= 0.6 is 0 Å². The molecule has 0 saturated heterocycles. The number of carbonyl (C=O) groups is 2. The van der Waals surface area contributed by atoms with Crippen LogP contribution in [0.3, 0.4) is 0 Å². The Balaban J connectivity index is 2.13. The number of carboxylic acids is 1. The molecule has 0 spiro atoms. The quantitative estimate of drug-likeness (QED) is 0.570. The van der Waals surface area contributed by atoms with E-state index in [0.29, 0.717) is 28.3 Å². The number of aromatic carboxylic acids is 1. The predicted octanol–water partition coefficient (Wildman–Crippen LogP) is 2.86. The second-order valence-electron chi connectivity index (χ2n) is 7.22. The SMILES string of the molecule is CC(C)(C)NN=C(c1ccc2c(c1)NC(=O)CO2)c1ccccc1C(=O)O. The predicted molar refractivity (Wildman–Crippen MR) is 102 cm³/mol. The summed E-state index contributed by atoms with van der Waals surface area (Å²) < 4.78 is 5.39. The van der Waals surface area contributed by atoms with Gasteiger partial charge in [0.15, 0.2) is 6.61 Å². The van der Waals surface area contributed by atoms with Gasteiger partial charge in [0.2, 0.25) is 0 Å². The molecular formula is C20H21N3O4. The molecule has 7 nitrogen and oxygen atoms in total. The number of nitrogens with zero attached hydrogens (tertiary/aromatic N) is 1. The molecule has 3 rings (SSSR count). The number of rotatable bonds is 4. The van der Waals surface area contributed by atoms with Crippen molar-refractivity contribution in [3.05, 3.63) is 59.2 Å². The number of hydrogen-bond acceptors (Lipinski definition) is 5. The minimum Gasteiger partial charge on any atom is -0.482 e. The lowest BCUT2D eigenvalue weighted by molar-refractivity contribution is -0.118. The summed E-state index contributed by atoms with van der Waals surface area (Å²) in [5, 5.41) is 16.8. The molecule has 3 N–H and O–H groups in total. The molecule has 1 heterocycles. The number of anilines is 1. The number of carboxylic acid groups (broad SMARTS) is 1. The first-order valence-corrected chi connectivity index (χ1v) is 8.49. The highest BCUT2D eigenvalue weighted by atomic mass is 16.5. The van der Waals surface area contributed by atoms with Gasteiger partial charge in [-0.25, -0.2) is 4.79 Å². The monoisotopic (exact) mass is 367 g/mol. The third-order valence-electron chi connectivity index (χ3n) is 3.80. The van der Waals surface area contributed by atoms with E-state index in [1.54, 1.807) is 36.4 Å². The van der Waals surface area contributed by atoms with Crippen molar-refractivity contribution >= 4 is 23.3 Å². The average molecular weight is 367 g/mol. The number of nitrogens with one attached hydrogen (secondary N) is 2. The minimum atomic E-state index is -1.04. The Morgan fingerprint density at radius 2 is 1.89 bits per heavy atom. The second kappa shape index (κ2) is 7.11. The van der Waals surface area contributed by atoms with Gasteiger partial charge in [0.25, 0.3) is 5.91 Å². The molecule has 1 aliphatic heterocycles. The maximum Gasteiger partial charge on any atom is 0.336 e. The van der Waals surface area contributed by atoms with Crippen LogP contribution in [0.15, 0.2) is 47.6 Å². The molecule has 1 aliphatic rings. The van der Waals surface area contributed by atoms with E-state index in [0.717, 1.165) is 0 Å². The fourth-order valence-corrected chi connectivity index (χ4v) is 2.61. The fraction of sp³-hybridized carbons (Fsp3) is 0.250. The smallest absolute Gasteiger partial charge is 0.336 e. The van der Waals surface area contributed by atoms with Crippen LogP contribution in [0.2, 0.25) is 0 Å². The van der Waals surface area contributed by atoms with E-state index in [1.807, 2.05) is 20.8 Å². The number of benzene rings is 2. The van der Waals surface area contributed by atoms with Crippen molar-refractivity contribution in [3.8, 4) is 5.75 Å². The van der Waals surface area contributed by atoms with E-state index in [-0.39, 0.29) is 23.6 Å². The maximum absolute atomic E-state index is 11.7. The molecule has 0 atom stereocenters. The van der Waals surface area contributed by atoms with Crippen molar-refractivity contribution in [1.82, 2.24) is 5.43 Å². The molecule has 7 heteroatoms. The largest absolute Gasteiger partial charge is 0.482 e. The van der Waals surface area contributed by atoms with Gasteiger partial charge in [0.1, 0.15) is 5.75 Å². The first-order chi connectivity index (χ1) is 12.7. The van der Waals surface area contributed by atoms with Crippen LogP contribution in [0.5, 0.6) is 5.75 Å². The van der Waals surface area contributed by atoms with Gasteiger partial charge in [0, 0.05) is 16.7 Å². The Morgan fingerprint density at radius 3 is 2.56 bits per heavy atom. The van der Waals surface area contributed by atoms with Crippen LogP contribution in [0, 0.1) is 0 Å². The molecule has 27 heavy (non-hydrogen) atoms. The fourth-order valence-electron chi connectivity index (χ4n) is 2.61. The van der Waals surface area contributed by atoms with Gasteiger partial charge < -0.3 is 20.6 Å². The molecule has 0 fully saturated rings. The molecule has 1 amide bonds. The van der Waals surface area contributed by atoms with Gasteiger partial charge in [0.05, 0.1) is 17.0 Å². The van der Waals surface area contributed by atoms with Gasteiger partial charge in [-0.05, 0) is 45.0 Å². The van der Waals surface area contributed by atoms with Crippen LogP contribution in [0.1, 0.15) is 42.3 Å². The number of fused-ring (bicyclic) bond motifs is 1. The van der Waals surface area contributed by atoms with Gasteiger partial charge >= 0.3 is 5.97 Å². The summed E-state index contributed by atoms with van der Waals surface area (Å²) in [6.07, 6.45) is 0. The molecule has 0 saturated carbocycles. The van der Waals surface area contributed by atoms with E-state index in [2.05, 4.69) is 15.8 Å². The van der Waals surface area contributed by atoms with Gasteiger partial charge in [-0.15, -0.1) is 0 Å². The van der Waals surface area contributed by atoms with Crippen LogP contribution in [-0.4, -0.2) is 34.8 Å². The summed E-state index contributed by atoms with van der Waals surface area (Å²) >= 11 is 0. The molecule has 0 aromatic heterocycles. The normalized spacial score (nSPS) is 14.0. The van der Waals surface area contributed by atoms with E-state index in [1.165, 1.54) is 6.07 Å². The molecule has 0 unspecified atom stereocenters. The Morgan fingerprint density at radius 1 is 1.19 bits per heavy atom. The van der Waals surface area contributed by atoms with Crippen molar-refractivity contribution in [2.45, 2.75) is 26.3 Å². The molecule has 2 aromatic rings. The summed E-state index contributed by atoms with van der Waals surface area (Å²) in [6, 6.07) is 11.9. The average Bonchev–Trinajstić information content (AvgIpc) is 2.61. The summed E-state index contributed by atoms with van der Waals surface area (Å²) in [7, 11) is 0. The zero-order chi connectivity index (χ0) is 19.6. The molecule has 2 aromatic carbocycles. The number of ether oxygens (including phenoxy) is 1. The van der Waals surface area contributed by atoms with Gasteiger partial charge in [-0.3, -0.25) is 4.79 Å². The van der Waals surface area contributed by atoms with Crippen molar-refractivity contribution in [1.29, 1.82) is 0 Å². The van der Waals surface area contributed by atoms with Crippen LogP contribution in [0.4, 0.5) is 5.69 Å². The number of hydrogen-bond donors (Lipinski definition) is 3. The summed E-state index contributed by atoms with van der Waals surface area (Å²) in [5.74, 6) is -0.714. The first kappa shape index (κ1) is 18.4. The van der Waals surface area contributed by atoms with Crippen LogP contribution in [0.25, 0.3) is 0 Å². The van der Waals surface area contributed by atoms with Gasteiger partial charge in [-0.2, -0.15) is 5.10 Å². The minimum absolute atomic E-state index is 0.0271. The molecule has 0 radical (unpaired) electrons. The lowest BCUT2D eigenvalue weighted by atomic mass is 9.97. The zero-order valence-electron chi connectivity index (χ0n) is 15.4. The van der Waals surface area contributed by atoms with Gasteiger partial charge in [-0.1, -0.05) is 18.2 Å². The van der Waals surface area contributed by atoms with E-state index < -0.39 is 5.97 Å². The van der Waals surface area contributed by atoms with Crippen molar-refractivity contribution in [3.63, 3.8) is 0 Å². The second-order valence-corrected chi connectivity index (χ2v) is 7.22. The summed E-state index contributed by atoms with van der Waals surface area (Å²) in [6.45, 7) is 5.84. The molecule has 140 valence electrons. The Hall–Kier alpha value is -3.35. The van der Waals surface area contributed by atoms with Crippen molar-refractivity contribution in [2.75, 3.05) is 11.9 Å². The molecular weight excluding hydrogens is 346 g/mol. The lowest BCUT2D eigenvalue weighted by Crippen LogP contribution is -2.33. The number of hydrazone groups is 1.